The topological polar surface area (TPSA) is 86.0 Å². The molecule has 1 fully saturated rings. The number of aromatic nitrogens is 2. The van der Waals surface area contributed by atoms with Crippen LogP contribution in [0.2, 0.25) is 5.02 Å². The van der Waals surface area contributed by atoms with Crippen LogP contribution in [0.25, 0.3) is 11.0 Å². The Morgan fingerprint density at radius 3 is 2.80 bits per heavy atom. The summed E-state index contributed by atoms with van der Waals surface area (Å²) >= 11 is 5.97. The summed E-state index contributed by atoms with van der Waals surface area (Å²) in [5, 5.41) is 9.91. The first-order valence-electron chi connectivity index (χ1n) is 13.8. The van der Waals surface area contributed by atoms with Crippen LogP contribution in [0.1, 0.15) is 58.4 Å². The number of carboxylic acid groups (broad SMARTS) is 1. The number of halogens is 2. The van der Waals surface area contributed by atoms with Crippen molar-refractivity contribution in [3.63, 3.8) is 0 Å². The van der Waals surface area contributed by atoms with Gasteiger partial charge in [-0.15, -0.1) is 0 Å². The van der Waals surface area contributed by atoms with Crippen molar-refractivity contribution in [3.8, 4) is 11.5 Å². The number of benzene rings is 3. The fourth-order valence-electron chi connectivity index (χ4n) is 6.09. The number of nitrogens with zero attached hydrogens (tertiary/aromatic N) is 3. The minimum atomic E-state index is -0.967. The largest absolute Gasteiger partial charge is 0.485 e. The van der Waals surface area contributed by atoms with Crippen molar-refractivity contribution in [2.75, 3.05) is 19.8 Å². The van der Waals surface area contributed by atoms with E-state index in [0.717, 1.165) is 48.4 Å². The Hall–Kier alpha value is -3.66. The van der Waals surface area contributed by atoms with Crippen molar-refractivity contribution >= 4 is 28.6 Å². The van der Waals surface area contributed by atoms with Gasteiger partial charge in [-0.2, -0.15) is 0 Å². The molecule has 0 aliphatic carbocycles. The summed E-state index contributed by atoms with van der Waals surface area (Å²) in [6.45, 7) is 5.07. The summed E-state index contributed by atoms with van der Waals surface area (Å²) in [5.41, 5.74) is 4.40. The van der Waals surface area contributed by atoms with Gasteiger partial charge in [-0.05, 0) is 61.7 Å². The molecule has 3 aliphatic heterocycles. The van der Waals surface area contributed by atoms with Crippen LogP contribution in [-0.4, -0.2) is 51.4 Å². The number of rotatable bonds is 6. The van der Waals surface area contributed by atoms with Gasteiger partial charge in [0, 0.05) is 35.3 Å². The van der Waals surface area contributed by atoms with E-state index in [1.54, 1.807) is 30.3 Å². The van der Waals surface area contributed by atoms with E-state index in [2.05, 4.69) is 22.5 Å². The van der Waals surface area contributed by atoms with Gasteiger partial charge in [0.15, 0.2) is 17.6 Å². The molecule has 41 heavy (non-hydrogen) atoms. The number of imidazole rings is 1. The first-order valence-corrected chi connectivity index (χ1v) is 14.2. The van der Waals surface area contributed by atoms with Crippen LogP contribution in [0, 0.1) is 5.82 Å². The molecule has 0 bridgehead atoms. The summed E-state index contributed by atoms with van der Waals surface area (Å²) in [7, 11) is 0. The summed E-state index contributed by atoms with van der Waals surface area (Å²) < 4.78 is 35.1. The molecule has 7 rings (SSSR count). The average Bonchev–Trinajstić information content (AvgIpc) is 3.27. The van der Waals surface area contributed by atoms with Crippen LogP contribution in [-0.2, 0) is 24.2 Å². The van der Waals surface area contributed by atoms with Crippen molar-refractivity contribution < 1.29 is 28.5 Å². The standard InChI is InChI=1S/C31H29ClFN3O5/c1-17-29-18(3-7-26-30(29)41-27(16-40-26)22-5-4-20(32)13-23(22)33)8-10-35(17)15-28-34-24-6-2-19(31(37)38)12-25(24)36(28)14-21-9-11-39-21/h2-7,12-13,17,21,27H,8-11,14-16H2,1H3,(H,37,38)/t17?,21-,27+/m0/s1. The molecule has 0 spiro atoms. The predicted molar refractivity (Wildman–Crippen MR) is 150 cm³/mol. The van der Waals surface area contributed by atoms with Gasteiger partial charge in [0.05, 0.1) is 35.8 Å². The molecule has 1 unspecified atom stereocenters. The van der Waals surface area contributed by atoms with Crippen molar-refractivity contribution in [1.82, 2.24) is 14.5 Å². The van der Waals surface area contributed by atoms with Crippen molar-refractivity contribution in [2.24, 2.45) is 0 Å². The van der Waals surface area contributed by atoms with E-state index < -0.39 is 17.9 Å². The van der Waals surface area contributed by atoms with Crippen molar-refractivity contribution in [2.45, 2.75) is 51.1 Å². The molecule has 8 nitrogen and oxygen atoms in total. The third-order valence-corrected chi connectivity index (χ3v) is 8.68. The van der Waals surface area contributed by atoms with Gasteiger partial charge in [0.2, 0.25) is 0 Å². The van der Waals surface area contributed by atoms with Gasteiger partial charge >= 0.3 is 5.97 Å². The lowest BCUT2D eigenvalue weighted by atomic mass is 9.91. The lowest BCUT2D eigenvalue weighted by Gasteiger charge is -2.38. The molecular formula is C31H29ClFN3O5. The number of ether oxygens (including phenoxy) is 3. The van der Waals surface area contributed by atoms with Crippen LogP contribution >= 0.6 is 11.6 Å². The average molecular weight is 578 g/mol. The lowest BCUT2D eigenvalue weighted by Crippen LogP contribution is -2.36. The molecule has 0 saturated carbocycles. The Balaban J connectivity index is 1.21. The molecule has 3 aromatic carbocycles. The Morgan fingerprint density at radius 1 is 1.20 bits per heavy atom. The van der Waals surface area contributed by atoms with Gasteiger partial charge in [0.25, 0.3) is 0 Å². The van der Waals surface area contributed by atoms with E-state index in [9.17, 15) is 14.3 Å². The Morgan fingerprint density at radius 2 is 2.05 bits per heavy atom. The molecule has 1 saturated heterocycles. The quantitative estimate of drug-likeness (QED) is 0.303. The fourth-order valence-corrected chi connectivity index (χ4v) is 6.25. The van der Waals surface area contributed by atoms with Crippen molar-refractivity contribution in [3.05, 3.63) is 87.4 Å². The van der Waals surface area contributed by atoms with Crippen LogP contribution in [0.15, 0.2) is 48.5 Å². The second-order valence-corrected chi connectivity index (χ2v) is 11.3. The first kappa shape index (κ1) is 26.3. The minimum Gasteiger partial charge on any atom is -0.485 e. The molecule has 0 radical (unpaired) electrons. The van der Waals surface area contributed by atoms with E-state index in [1.165, 1.54) is 11.6 Å². The fraction of sp³-hybridized carbons (Fsp3) is 0.355. The maximum atomic E-state index is 14.8. The predicted octanol–water partition coefficient (Wildman–Crippen LogP) is 5.95. The molecular weight excluding hydrogens is 549 g/mol. The summed E-state index contributed by atoms with van der Waals surface area (Å²) in [5.74, 6) is 0.767. The van der Waals surface area contributed by atoms with Gasteiger partial charge in [0.1, 0.15) is 18.2 Å². The van der Waals surface area contributed by atoms with Crippen LogP contribution in [0.5, 0.6) is 11.5 Å². The third kappa shape index (κ3) is 4.71. The summed E-state index contributed by atoms with van der Waals surface area (Å²) in [6, 6.07) is 13.6. The highest BCUT2D eigenvalue weighted by atomic mass is 35.5. The molecule has 3 aliphatic rings. The zero-order valence-corrected chi connectivity index (χ0v) is 23.2. The number of hydrogen-bond donors (Lipinski definition) is 1. The van der Waals surface area contributed by atoms with E-state index in [0.29, 0.717) is 35.2 Å². The van der Waals surface area contributed by atoms with E-state index >= 15 is 0 Å². The Labute approximate surface area is 241 Å². The number of aromatic carboxylic acids is 1. The molecule has 3 atom stereocenters. The molecule has 212 valence electrons. The second-order valence-electron chi connectivity index (χ2n) is 10.9. The normalized spacial score (nSPS) is 21.9. The maximum absolute atomic E-state index is 14.8. The molecule has 0 amide bonds. The Kier molecular flexibility index (Phi) is 6.60. The van der Waals surface area contributed by atoms with Crippen LogP contribution in [0.3, 0.4) is 0 Å². The van der Waals surface area contributed by atoms with Gasteiger partial charge < -0.3 is 23.9 Å². The van der Waals surface area contributed by atoms with E-state index in [4.69, 9.17) is 30.8 Å². The third-order valence-electron chi connectivity index (χ3n) is 8.44. The first-order chi connectivity index (χ1) is 19.9. The number of carboxylic acids is 1. The lowest BCUT2D eigenvalue weighted by molar-refractivity contribution is -0.0592. The van der Waals surface area contributed by atoms with Gasteiger partial charge in [-0.3, -0.25) is 4.90 Å². The molecule has 10 heteroatoms. The SMILES string of the molecule is CC1c2c(ccc3c2O[C@@H](c2ccc(Cl)cc2F)CO3)CCN1Cc1nc2ccc(C(=O)O)cc2n1C[C@@H]1CCO1. The highest BCUT2D eigenvalue weighted by molar-refractivity contribution is 6.30. The maximum Gasteiger partial charge on any atom is 0.335 e. The van der Waals surface area contributed by atoms with Gasteiger partial charge in [-0.1, -0.05) is 23.7 Å². The van der Waals surface area contributed by atoms with Crippen LogP contribution < -0.4 is 9.47 Å². The summed E-state index contributed by atoms with van der Waals surface area (Å²) in [4.78, 5) is 19.0. The number of carbonyl (C=O) groups is 1. The molecule has 1 N–H and O–H groups in total. The van der Waals surface area contributed by atoms with Crippen LogP contribution in [0.4, 0.5) is 4.39 Å². The number of hydrogen-bond acceptors (Lipinski definition) is 6. The Bertz CT molecular complexity index is 1670. The zero-order valence-electron chi connectivity index (χ0n) is 22.5. The highest BCUT2D eigenvalue weighted by Crippen LogP contribution is 2.47. The van der Waals surface area contributed by atoms with Gasteiger partial charge in [-0.25, -0.2) is 14.2 Å². The zero-order chi connectivity index (χ0) is 28.2. The molecule has 1 aromatic heterocycles. The van der Waals surface area contributed by atoms with Crippen molar-refractivity contribution in [1.29, 1.82) is 0 Å². The van der Waals surface area contributed by atoms with E-state index in [-0.39, 0.29) is 24.3 Å². The number of fused-ring (bicyclic) bond motifs is 4. The monoisotopic (exact) mass is 577 g/mol. The second kappa shape index (κ2) is 10.3. The van der Waals surface area contributed by atoms with E-state index in [1.807, 2.05) is 6.07 Å². The highest BCUT2D eigenvalue weighted by Gasteiger charge is 2.35. The summed E-state index contributed by atoms with van der Waals surface area (Å²) in [6.07, 6.45) is 1.26. The molecule has 4 heterocycles. The smallest absolute Gasteiger partial charge is 0.335 e. The molecule has 4 aromatic rings. The minimum absolute atomic E-state index is 0.0334.